The van der Waals surface area contributed by atoms with Crippen molar-refractivity contribution < 1.29 is 9.59 Å². The Labute approximate surface area is 216 Å². The lowest BCUT2D eigenvalue weighted by molar-refractivity contribution is -0.109. The molecule has 2 aromatic heterocycles. The lowest BCUT2D eigenvalue weighted by Gasteiger charge is -2.45. The topological polar surface area (TPSA) is 65.5 Å². The first-order valence-electron chi connectivity index (χ1n) is 12.2. The second kappa shape index (κ2) is 12.5. The summed E-state index contributed by atoms with van der Waals surface area (Å²) >= 11 is 1.59. The summed E-state index contributed by atoms with van der Waals surface area (Å²) in [6.45, 7) is 1.80. The van der Waals surface area contributed by atoms with Gasteiger partial charge in [0.15, 0.2) is 0 Å². The molecule has 6 nitrogen and oxygen atoms in total. The molecular formula is C29H32N4O2S. The maximum absolute atomic E-state index is 13.5. The van der Waals surface area contributed by atoms with Gasteiger partial charge in [0, 0.05) is 49.9 Å². The van der Waals surface area contributed by atoms with Gasteiger partial charge in [0.1, 0.15) is 6.29 Å². The molecule has 2 aromatic carbocycles. The van der Waals surface area contributed by atoms with E-state index in [4.69, 9.17) is 0 Å². The van der Waals surface area contributed by atoms with Crippen molar-refractivity contribution in [3.05, 3.63) is 101 Å². The van der Waals surface area contributed by atoms with Crippen molar-refractivity contribution >= 4 is 33.6 Å². The van der Waals surface area contributed by atoms with Crippen LogP contribution in [0.25, 0.3) is 10.1 Å². The largest absolute Gasteiger partial charge is 0.336 e. The van der Waals surface area contributed by atoms with E-state index in [0.717, 1.165) is 16.4 Å². The highest BCUT2D eigenvalue weighted by atomic mass is 32.1. The molecule has 186 valence electrons. The van der Waals surface area contributed by atoms with Crippen LogP contribution in [0.1, 0.15) is 33.9 Å². The lowest BCUT2D eigenvalue weighted by Crippen LogP contribution is -2.56. The van der Waals surface area contributed by atoms with Crippen LogP contribution in [0.3, 0.4) is 0 Å². The third-order valence-electron chi connectivity index (χ3n) is 6.36. The maximum Gasteiger partial charge on any atom is 0.256 e. The summed E-state index contributed by atoms with van der Waals surface area (Å²) < 4.78 is 1.01. The van der Waals surface area contributed by atoms with Gasteiger partial charge in [-0.3, -0.25) is 14.7 Å². The smallest absolute Gasteiger partial charge is 0.256 e. The lowest BCUT2D eigenvalue weighted by atomic mass is 9.93. The van der Waals surface area contributed by atoms with Crippen molar-refractivity contribution in [2.45, 2.75) is 18.5 Å². The van der Waals surface area contributed by atoms with E-state index < -0.39 is 0 Å². The van der Waals surface area contributed by atoms with Crippen LogP contribution in [-0.2, 0) is 4.79 Å². The van der Waals surface area contributed by atoms with Crippen molar-refractivity contribution in [1.29, 1.82) is 0 Å². The highest BCUT2D eigenvalue weighted by Gasteiger charge is 2.35. The second-order valence-corrected chi connectivity index (χ2v) is 9.74. The molecule has 3 heterocycles. The van der Waals surface area contributed by atoms with E-state index in [2.05, 4.69) is 39.5 Å². The minimum atomic E-state index is -0.0692. The molecular weight excluding hydrogens is 468 g/mol. The van der Waals surface area contributed by atoms with Crippen LogP contribution >= 0.6 is 11.3 Å². The molecule has 1 aliphatic rings. The van der Waals surface area contributed by atoms with Crippen LogP contribution in [0.5, 0.6) is 0 Å². The zero-order valence-corrected chi connectivity index (χ0v) is 21.5. The summed E-state index contributed by atoms with van der Waals surface area (Å²) in [6, 6.07) is 22.7. The van der Waals surface area contributed by atoms with E-state index in [9.17, 15) is 9.59 Å². The Bertz CT molecular complexity index is 1220. The number of aldehydes is 1. The van der Waals surface area contributed by atoms with Gasteiger partial charge in [-0.2, -0.15) is 0 Å². The minimum absolute atomic E-state index is 0.0157. The Hall–Kier alpha value is -3.39. The average Bonchev–Trinajstić information content (AvgIpc) is 3.40. The normalized spacial score (nSPS) is 16.0. The van der Waals surface area contributed by atoms with E-state index in [-0.39, 0.29) is 18.0 Å². The molecule has 5 rings (SSSR count). The van der Waals surface area contributed by atoms with Gasteiger partial charge in [0.2, 0.25) is 0 Å². The Balaban J connectivity index is 0.000000967. The standard InChI is InChI=1S/C27H25N3O2S.C2H7N/c31-15-11-22-19-29(27(32)24-17-28-18-25-23(24)12-16-33-25)13-14-30(22)26(20-7-3-1-4-8-20)21-9-5-2-6-10-21;1-3-2/h1-10,12,15-18,22,26H,11,13-14,19H2;3H,1-2H3. The van der Waals surface area contributed by atoms with E-state index >= 15 is 0 Å². The first-order chi connectivity index (χ1) is 17.7. The number of thiophene rings is 1. The Morgan fingerprint density at radius 1 is 1.03 bits per heavy atom. The third kappa shape index (κ3) is 5.70. The number of nitrogens with one attached hydrogen (secondary N) is 1. The summed E-state index contributed by atoms with van der Waals surface area (Å²) in [5.74, 6) is -0.0157. The second-order valence-electron chi connectivity index (χ2n) is 8.79. The van der Waals surface area contributed by atoms with E-state index in [1.165, 1.54) is 11.1 Å². The number of aromatic nitrogens is 1. The number of hydrogen-bond acceptors (Lipinski definition) is 6. The van der Waals surface area contributed by atoms with Crippen molar-refractivity contribution in [3.63, 3.8) is 0 Å². The number of hydrogen-bond donors (Lipinski definition) is 1. The highest BCUT2D eigenvalue weighted by molar-refractivity contribution is 7.17. The van der Waals surface area contributed by atoms with Crippen LogP contribution in [0.2, 0.25) is 0 Å². The molecule has 0 radical (unpaired) electrons. The van der Waals surface area contributed by atoms with Gasteiger partial charge in [-0.15, -0.1) is 11.3 Å². The molecule has 1 unspecified atom stereocenters. The number of carbonyl (C=O) groups is 2. The Morgan fingerprint density at radius 2 is 1.67 bits per heavy atom. The fourth-order valence-corrected chi connectivity index (χ4v) is 5.57. The zero-order valence-electron chi connectivity index (χ0n) is 20.7. The van der Waals surface area contributed by atoms with Crippen LogP contribution < -0.4 is 5.32 Å². The number of fused-ring (bicyclic) bond motifs is 1. The molecule has 1 amide bonds. The molecule has 0 spiro atoms. The summed E-state index contributed by atoms with van der Waals surface area (Å²) in [6.07, 6.45) is 4.81. The fourth-order valence-electron chi connectivity index (χ4n) is 4.79. The predicted molar refractivity (Wildman–Crippen MR) is 146 cm³/mol. The van der Waals surface area contributed by atoms with E-state index in [0.29, 0.717) is 31.6 Å². The molecule has 1 fully saturated rings. The quantitative estimate of drug-likeness (QED) is 0.391. The molecule has 1 saturated heterocycles. The van der Waals surface area contributed by atoms with Crippen LogP contribution in [0, 0.1) is 0 Å². The monoisotopic (exact) mass is 500 g/mol. The van der Waals surface area contributed by atoms with Crippen molar-refractivity contribution in [1.82, 2.24) is 20.1 Å². The number of rotatable bonds is 6. The molecule has 1 aliphatic heterocycles. The number of amides is 1. The minimum Gasteiger partial charge on any atom is -0.336 e. The molecule has 0 bridgehead atoms. The van der Waals surface area contributed by atoms with E-state index in [1.54, 1.807) is 23.7 Å². The summed E-state index contributed by atoms with van der Waals surface area (Å²) in [5, 5.41) is 5.68. The highest BCUT2D eigenvalue weighted by Crippen LogP contribution is 2.33. The van der Waals surface area contributed by atoms with Gasteiger partial charge < -0.3 is 15.0 Å². The van der Waals surface area contributed by atoms with Gasteiger partial charge in [0.05, 0.1) is 16.3 Å². The van der Waals surface area contributed by atoms with Crippen molar-refractivity contribution in [2.24, 2.45) is 0 Å². The molecule has 0 saturated carbocycles. The van der Waals surface area contributed by atoms with Crippen molar-refractivity contribution in [3.8, 4) is 0 Å². The molecule has 1 atom stereocenters. The Kier molecular flexibility index (Phi) is 8.95. The molecule has 7 heteroatoms. The van der Waals surface area contributed by atoms with Gasteiger partial charge in [-0.1, -0.05) is 60.7 Å². The molecule has 1 N–H and O–H groups in total. The SMILES string of the molecule is CNC.O=CCC1CN(C(=O)c2cncc3sccc23)CCN1C(c1ccccc1)c1ccccc1. The summed E-state index contributed by atoms with van der Waals surface area (Å²) in [7, 11) is 3.75. The average molecular weight is 501 g/mol. The third-order valence-corrected chi connectivity index (χ3v) is 7.21. The van der Waals surface area contributed by atoms with Gasteiger partial charge >= 0.3 is 0 Å². The Morgan fingerprint density at radius 3 is 2.28 bits per heavy atom. The van der Waals surface area contributed by atoms with Gasteiger partial charge in [0.25, 0.3) is 5.91 Å². The molecule has 0 aliphatic carbocycles. The first kappa shape index (κ1) is 25.7. The maximum atomic E-state index is 13.5. The summed E-state index contributed by atoms with van der Waals surface area (Å²) in [4.78, 5) is 33.7. The zero-order chi connectivity index (χ0) is 25.3. The fraction of sp³-hybridized carbons (Fsp3) is 0.276. The van der Waals surface area contributed by atoms with Crippen LogP contribution in [-0.4, -0.2) is 66.7 Å². The van der Waals surface area contributed by atoms with Crippen molar-refractivity contribution in [2.75, 3.05) is 33.7 Å². The van der Waals surface area contributed by atoms with Gasteiger partial charge in [-0.25, -0.2) is 0 Å². The number of piperazine rings is 1. The number of pyridine rings is 1. The molecule has 36 heavy (non-hydrogen) atoms. The van der Waals surface area contributed by atoms with Gasteiger partial charge in [-0.05, 0) is 36.7 Å². The predicted octanol–water partition coefficient (Wildman–Crippen LogP) is 4.64. The number of carbonyl (C=O) groups excluding carboxylic acids is 2. The summed E-state index contributed by atoms with van der Waals surface area (Å²) in [5.41, 5.74) is 3.01. The van der Waals surface area contributed by atoms with E-state index in [1.807, 2.05) is 66.8 Å². The number of nitrogens with zero attached hydrogens (tertiary/aromatic N) is 3. The van der Waals surface area contributed by atoms with Crippen LogP contribution in [0.15, 0.2) is 84.5 Å². The molecule has 4 aromatic rings. The number of benzene rings is 2. The first-order valence-corrected chi connectivity index (χ1v) is 13.0. The van der Waals surface area contributed by atoms with Crippen LogP contribution in [0.4, 0.5) is 0 Å².